The zero-order valence-electron chi connectivity index (χ0n) is 6.30. The van der Waals surface area contributed by atoms with Crippen LogP contribution >= 0.6 is 0 Å². The van der Waals surface area contributed by atoms with Crippen molar-refractivity contribution in [3.8, 4) is 0 Å². The average molecular weight is 143 g/mol. The number of nitrogens with zero attached hydrogens (tertiary/aromatic N) is 1. The fraction of sp³-hybridized carbons (Fsp3) is 0.857. The molecule has 1 saturated heterocycles. The molecule has 0 aromatic heterocycles. The first-order valence-corrected chi connectivity index (χ1v) is 3.58. The minimum atomic E-state index is 0.238. The average Bonchev–Trinajstić information content (AvgIpc) is 1.88. The Bertz CT molecular complexity index is 119. The van der Waals surface area contributed by atoms with Crippen LogP contribution in [0.15, 0.2) is 0 Å². The van der Waals surface area contributed by atoms with E-state index in [9.17, 15) is 4.79 Å². The van der Waals surface area contributed by atoms with E-state index in [0.717, 1.165) is 26.3 Å². The number of hydrogen-bond acceptors (Lipinski definition) is 3. The molecule has 0 radical (unpaired) electrons. The van der Waals surface area contributed by atoms with Crippen molar-refractivity contribution in [1.82, 2.24) is 4.90 Å². The van der Waals surface area contributed by atoms with Crippen LogP contribution in [-0.2, 0) is 9.53 Å². The molecule has 0 bridgehead atoms. The molecule has 58 valence electrons. The molecule has 1 aliphatic heterocycles. The van der Waals surface area contributed by atoms with Crippen LogP contribution in [0, 0.1) is 0 Å². The molecule has 0 aliphatic carbocycles. The molecule has 0 unspecified atom stereocenters. The van der Waals surface area contributed by atoms with E-state index >= 15 is 0 Å². The van der Waals surface area contributed by atoms with Gasteiger partial charge in [-0.05, 0) is 6.92 Å². The molecular formula is C7H13NO2. The standard InChI is InChI=1S/C7H13NO2/c1-7(9)6-8-2-4-10-5-3-8/h2-6H2,1H3. The number of ketones is 1. The SMILES string of the molecule is CC(=O)CN1CCOCC1. The highest BCUT2D eigenvalue weighted by molar-refractivity contribution is 5.77. The molecule has 3 nitrogen and oxygen atoms in total. The fourth-order valence-electron chi connectivity index (χ4n) is 1.07. The van der Waals surface area contributed by atoms with Crippen LogP contribution in [0.4, 0.5) is 0 Å². The summed E-state index contributed by atoms with van der Waals surface area (Å²) in [7, 11) is 0. The zero-order chi connectivity index (χ0) is 7.40. The van der Waals surface area contributed by atoms with Crippen LogP contribution in [0.1, 0.15) is 6.92 Å². The van der Waals surface area contributed by atoms with Gasteiger partial charge in [-0.2, -0.15) is 0 Å². The van der Waals surface area contributed by atoms with Crippen molar-refractivity contribution in [2.45, 2.75) is 6.92 Å². The minimum absolute atomic E-state index is 0.238. The van der Waals surface area contributed by atoms with Crippen molar-refractivity contribution in [2.24, 2.45) is 0 Å². The first-order valence-electron chi connectivity index (χ1n) is 3.58. The Kier molecular flexibility index (Phi) is 2.83. The Morgan fingerprint density at radius 1 is 1.50 bits per heavy atom. The Labute approximate surface area is 61.0 Å². The highest BCUT2D eigenvalue weighted by Gasteiger charge is 2.10. The van der Waals surface area contributed by atoms with E-state index in [1.165, 1.54) is 0 Å². The summed E-state index contributed by atoms with van der Waals surface area (Å²) in [6.45, 7) is 5.55. The van der Waals surface area contributed by atoms with Crippen LogP contribution in [0.5, 0.6) is 0 Å². The van der Waals surface area contributed by atoms with Gasteiger partial charge in [-0.25, -0.2) is 0 Å². The van der Waals surface area contributed by atoms with Crippen molar-refractivity contribution >= 4 is 5.78 Å². The van der Waals surface area contributed by atoms with Gasteiger partial charge < -0.3 is 4.74 Å². The lowest BCUT2D eigenvalue weighted by molar-refractivity contribution is -0.119. The predicted molar refractivity (Wildman–Crippen MR) is 37.9 cm³/mol. The molecule has 0 amide bonds. The van der Waals surface area contributed by atoms with Crippen LogP contribution in [-0.4, -0.2) is 43.5 Å². The number of rotatable bonds is 2. The smallest absolute Gasteiger partial charge is 0.143 e. The van der Waals surface area contributed by atoms with Crippen LogP contribution in [0.2, 0.25) is 0 Å². The summed E-state index contributed by atoms with van der Waals surface area (Å²) in [6, 6.07) is 0. The van der Waals surface area contributed by atoms with E-state index in [1.807, 2.05) is 0 Å². The summed E-state index contributed by atoms with van der Waals surface area (Å²) in [5.41, 5.74) is 0. The van der Waals surface area contributed by atoms with Gasteiger partial charge in [0.1, 0.15) is 5.78 Å². The maximum absolute atomic E-state index is 10.6. The Morgan fingerprint density at radius 3 is 2.60 bits per heavy atom. The van der Waals surface area contributed by atoms with Gasteiger partial charge in [-0.1, -0.05) is 0 Å². The van der Waals surface area contributed by atoms with Gasteiger partial charge in [0, 0.05) is 13.1 Å². The number of hydrogen-bond donors (Lipinski definition) is 0. The summed E-state index contributed by atoms with van der Waals surface area (Å²) in [5, 5.41) is 0. The predicted octanol–water partition coefficient (Wildman–Crippen LogP) is -0.0924. The maximum Gasteiger partial charge on any atom is 0.143 e. The second-order valence-corrected chi connectivity index (χ2v) is 2.59. The summed E-state index contributed by atoms with van der Waals surface area (Å²) in [5.74, 6) is 0.238. The first kappa shape index (κ1) is 7.69. The second kappa shape index (κ2) is 3.68. The van der Waals surface area contributed by atoms with E-state index < -0.39 is 0 Å². The van der Waals surface area contributed by atoms with E-state index in [1.54, 1.807) is 6.92 Å². The minimum Gasteiger partial charge on any atom is -0.379 e. The van der Waals surface area contributed by atoms with Crippen molar-refractivity contribution < 1.29 is 9.53 Å². The van der Waals surface area contributed by atoms with Crippen LogP contribution in [0.25, 0.3) is 0 Å². The van der Waals surface area contributed by atoms with E-state index in [2.05, 4.69) is 4.90 Å². The third-order valence-corrected chi connectivity index (χ3v) is 1.55. The van der Waals surface area contributed by atoms with Gasteiger partial charge in [0.15, 0.2) is 0 Å². The molecule has 10 heavy (non-hydrogen) atoms. The summed E-state index contributed by atoms with van der Waals surface area (Å²) in [6.07, 6.45) is 0. The van der Waals surface area contributed by atoms with Crippen molar-refractivity contribution in [3.63, 3.8) is 0 Å². The Balaban J connectivity index is 2.19. The Hall–Kier alpha value is -0.410. The van der Waals surface area contributed by atoms with Crippen molar-refractivity contribution in [1.29, 1.82) is 0 Å². The zero-order valence-corrected chi connectivity index (χ0v) is 6.30. The number of Topliss-reactive ketones (excluding diaryl/α,β-unsaturated/α-hetero) is 1. The number of morpholine rings is 1. The quantitative estimate of drug-likeness (QED) is 0.541. The van der Waals surface area contributed by atoms with Crippen molar-refractivity contribution in [3.05, 3.63) is 0 Å². The fourth-order valence-corrected chi connectivity index (χ4v) is 1.07. The van der Waals surface area contributed by atoms with Crippen LogP contribution in [0.3, 0.4) is 0 Å². The van der Waals surface area contributed by atoms with Gasteiger partial charge in [-0.15, -0.1) is 0 Å². The van der Waals surface area contributed by atoms with E-state index in [4.69, 9.17) is 4.74 Å². The molecule has 3 heteroatoms. The third kappa shape index (κ3) is 2.45. The molecule has 1 rings (SSSR count). The molecular weight excluding hydrogens is 130 g/mol. The van der Waals surface area contributed by atoms with Gasteiger partial charge in [0.25, 0.3) is 0 Å². The van der Waals surface area contributed by atoms with E-state index in [0.29, 0.717) is 6.54 Å². The lowest BCUT2D eigenvalue weighted by atomic mass is 10.3. The normalized spacial score (nSPS) is 20.9. The van der Waals surface area contributed by atoms with Gasteiger partial charge >= 0.3 is 0 Å². The molecule has 0 saturated carbocycles. The Morgan fingerprint density at radius 2 is 2.10 bits per heavy atom. The van der Waals surface area contributed by atoms with E-state index in [-0.39, 0.29) is 5.78 Å². The second-order valence-electron chi connectivity index (χ2n) is 2.59. The molecule has 0 aromatic carbocycles. The largest absolute Gasteiger partial charge is 0.379 e. The van der Waals surface area contributed by atoms with Gasteiger partial charge in [0.05, 0.1) is 19.8 Å². The highest BCUT2D eigenvalue weighted by Crippen LogP contribution is 1.95. The molecule has 1 fully saturated rings. The molecule has 0 spiro atoms. The number of carbonyl (C=O) groups excluding carboxylic acids is 1. The summed E-state index contributed by atoms with van der Waals surface area (Å²) >= 11 is 0. The number of carbonyl (C=O) groups is 1. The maximum atomic E-state index is 10.6. The summed E-state index contributed by atoms with van der Waals surface area (Å²) in [4.78, 5) is 12.7. The molecule has 0 N–H and O–H groups in total. The molecule has 0 aromatic rings. The molecule has 1 aliphatic rings. The number of ether oxygens (including phenoxy) is 1. The topological polar surface area (TPSA) is 29.5 Å². The highest BCUT2D eigenvalue weighted by atomic mass is 16.5. The monoisotopic (exact) mass is 143 g/mol. The van der Waals surface area contributed by atoms with Crippen LogP contribution < -0.4 is 0 Å². The molecule has 1 heterocycles. The molecule has 0 atom stereocenters. The van der Waals surface area contributed by atoms with Gasteiger partial charge in [-0.3, -0.25) is 9.69 Å². The lowest BCUT2D eigenvalue weighted by Crippen LogP contribution is -2.38. The van der Waals surface area contributed by atoms with Crippen molar-refractivity contribution in [2.75, 3.05) is 32.8 Å². The third-order valence-electron chi connectivity index (χ3n) is 1.55. The van der Waals surface area contributed by atoms with Gasteiger partial charge in [0.2, 0.25) is 0 Å². The first-order chi connectivity index (χ1) is 4.79. The lowest BCUT2D eigenvalue weighted by Gasteiger charge is -2.25. The summed E-state index contributed by atoms with van der Waals surface area (Å²) < 4.78 is 5.13.